The van der Waals surface area contributed by atoms with E-state index >= 15 is 0 Å². The molecule has 4 rings (SSSR count). The van der Waals surface area contributed by atoms with E-state index in [1.807, 2.05) is 6.07 Å². The number of pyridine rings is 1. The largest absolute Gasteiger partial charge is 0.470 e. The maximum atomic E-state index is 13.3. The summed E-state index contributed by atoms with van der Waals surface area (Å²) in [5.74, 6) is 0.707. The molecule has 0 radical (unpaired) electrons. The Morgan fingerprint density at radius 2 is 2.08 bits per heavy atom. The highest BCUT2D eigenvalue weighted by Gasteiger charge is 2.35. The number of fused-ring (bicyclic) bond motifs is 1. The highest BCUT2D eigenvalue weighted by atomic mass is 32.2. The molecule has 8 heteroatoms. The summed E-state index contributed by atoms with van der Waals surface area (Å²) < 4.78 is 33.5. The van der Waals surface area contributed by atoms with Crippen molar-refractivity contribution in [3.8, 4) is 5.88 Å². The van der Waals surface area contributed by atoms with E-state index in [9.17, 15) is 8.42 Å². The molecule has 2 aliphatic rings. The van der Waals surface area contributed by atoms with E-state index in [1.165, 1.54) is 10.5 Å². The van der Waals surface area contributed by atoms with Gasteiger partial charge in [-0.1, -0.05) is 12.1 Å². The van der Waals surface area contributed by atoms with Crippen molar-refractivity contribution in [3.05, 3.63) is 42.1 Å². The van der Waals surface area contributed by atoms with E-state index in [0.717, 1.165) is 18.4 Å². The van der Waals surface area contributed by atoms with Crippen LogP contribution in [0.1, 0.15) is 24.3 Å². The maximum Gasteiger partial charge on any atom is 0.264 e. The lowest BCUT2D eigenvalue weighted by molar-refractivity contribution is 0.199. The third-order valence-electron chi connectivity index (χ3n) is 4.53. The topological polar surface area (TPSA) is 112 Å². The van der Waals surface area contributed by atoms with Crippen molar-refractivity contribution >= 4 is 21.4 Å². The van der Waals surface area contributed by atoms with E-state index in [-0.39, 0.29) is 23.9 Å². The van der Waals surface area contributed by atoms with Gasteiger partial charge >= 0.3 is 0 Å². The van der Waals surface area contributed by atoms with Crippen molar-refractivity contribution in [2.75, 3.05) is 23.1 Å². The Morgan fingerprint density at radius 3 is 2.80 bits per heavy atom. The minimum Gasteiger partial charge on any atom is -0.470 e. The molecule has 25 heavy (non-hydrogen) atoms. The third kappa shape index (κ3) is 2.91. The number of nitrogens with two attached hydrogens (primary N) is 2. The van der Waals surface area contributed by atoms with Gasteiger partial charge in [0.05, 0.1) is 23.3 Å². The van der Waals surface area contributed by atoms with Crippen molar-refractivity contribution in [2.24, 2.45) is 5.73 Å². The Hall–Kier alpha value is -2.32. The van der Waals surface area contributed by atoms with Crippen LogP contribution in [0.3, 0.4) is 0 Å². The zero-order chi connectivity index (χ0) is 17.6. The number of rotatable bonds is 4. The summed E-state index contributed by atoms with van der Waals surface area (Å²) in [6, 6.07) is 8.72. The first-order valence-electron chi connectivity index (χ1n) is 8.24. The maximum absolute atomic E-state index is 13.3. The smallest absolute Gasteiger partial charge is 0.264 e. The van der Waals surface area contributed by atoms with Crippen LogP contribution in [-0.4, -0.2) is 32.6 Å². The summed E-state index contributed by atoms with van der Waals surface area (Å²) >= 11 is 0. The molecular weight excluding hydrogens is 340 g/mol. The molecule has 1 aliphatic heterocycles. The molecule has 0 saturated heterocycles. The molecular formula is C17H20N4O3S. The minimum absolute atomic E-state index is 0.130. The van der Waals surface area contributed by atoms with Crippen LogP contribution < -0.4 is 20.5 Å². The van der Waals surface area contributed by atoms with E-state index < -0.39 is 16.1 Å². The normalized spacial score (nSPS) is 20.0. The highest BCUT2D eigenvalue weighted by Crippen LogP contribution is 2.41. The molecule has 2 heterocycles. The van der Waals surface area contributed by atoms with Gasteiger partial charge in [-0.05, 0) is 42.5 Å². The molecule has 7 nitrogen and oxygen atoms in total. The first-order chi connectivity index (χ1) is 12.0. The molecule has 1 aromatic carbocycles. The van der Waals surface area contributed by atoms with Gasteiger partial charge in [0.1, 0.15) is 11.8 Å². The zero-order valence-electron chi connectivity index (χ0n) is 13.6. The van der Waals surface area contributed by atoms with E-state index in [4.69, 9.17) is 16.2 Å². The van der Waals surface area contributed by atoms with Gasteiger partial charge in [-0.25, -0.2) is 13.4 Å². The first-order valence-corrected chi connectivity index (χ1v) is 9.68. The molecule has 0 bridgehead atoms. The fourth-order valence-corrected chi connectivity index (χ4v) is 4.57. The van der Waals surface area contributed by atoms with Gasteiger partial charge in [-0.15, -0.1) is 0 Å². The standard InChI is InChI=1S/C17H20N4O3S/c18-8-14-10-21(16-7-13(19)9-20-17(16)24-14)25(22,23)15-3-1-2-12(6-15)11-4-5-11/h1-3,6-7,9,11,14H,4-5,8,10,18-19H2/t14-/m0/s1. The van der Waals surface area contributed by atoms with Crippen LogP contribution in [0.2, 0.25) is 0 Å². The summed E-state index contributed by atoms with van der Waals surface area (Å²) in [5.41, 5.74) is 13.3. The second kappa shape index (κ2) is 5.89. The predicted octanol–water partition coefficient (Wildman–Crippen LogP) is 1.46. The number of sulfonamides is 1. The fraction of sp³-hybridized carbons (Fsp3) is 0.353. The summed E-state index contributed by atoms with van der Waals surface area (Å²) in [4.78, 5) is 4.39. The molecule has 1 fully saturated rings. The molecule has 1 aromatic heterocycles. The summed E-state index contributed by atoms with van der Waals surface area (Å²) in [6.45, 7) is 0.324. The molecule has 2 aromatic rings. The molecule has 1 saturated carbocycles. The molecule has 132 valence electrons. The number of benzene rings is 1. The molecule has 1 aliphatic carbocycles. The number of nitrogens with zero attached hydrogens (tertiary/aromatic N) is 2. The van der Waals surface area contributed by atoms with Crippen molar-refractivity contribution in [3.63, 3.8) is 0 Å². The monoisotopic (exact) mass is 360 g/mol. The van der Waals surface area contributed by atoms with Gasteiger partial charge in [0.2, 0.25) is 5.88 Å². The Bertz CT molecular complexity index is 912. The molecule has 1 atom stereocenters. The van der Waals surface area contributed by atoms with E-state index in [1.54, 1.807) is 24.3 Å². The Balaban J connectivity index is 1.79. The van der Waals surface area contributed by atoms with Gasteiger partial charge in [-0.2, -0.15) is 0 Å². The van der Waals surface area contributed by atoms with E-state index in [2.05, 4.69) is 4.98 Å². The molecule has 0 spiro atoms. The predicted molar refractivity (Wildman–Crippen MR) is 95.1 cm³/mol. The average molecular weight is 360 g/mol. The van der Waals surface area contributed by atoms with Crippen LogP contribution in [0.5, 0.6) is 5.88 Å². The number of anilines is 2. The Morgan fingerprint density at radius 1 is 1.28 bits per heavy atom. The Kier molecular flexibility index (Phi) is 3.81. The summed E-state index contributed by atoms with van der Waals surface area (Å²) in [7, 11) is -3.76. The summed E-state index contributed by atoms with van der Waals surface area (Å²) in [6.07, 6.45) is 3.21. The first kappa shape index (κ1) is 16.2. The molecule has 0 unspecified atom stereocenters. The quantitative estimate of drug-likeness (QED) is 0.854. The zero-order valence-corrected chi connectivity index (χ0v) is 14.4. The van der Waals surface area contributed by atoms with Crippen LogP contribution in [0.15, 0.2) is 41.4 Å². The van der Waals surface area contributed by atoms with Gasteiger partial charge in [0.15, 0.2) is 0 Å². The third-order valence-corrected chi connectivity index (χ3v) is 6.30. The Labute approximate surface area is 146 Å². The number of ether oxygens (including phenoxy) is 1. The lowest BCUT2D eigenvalue weighted by atomic mass is 10.1. The highest BCUT2D eigenvalue weighted by molar-refractivity contribution is 7.92. The number of hydrogen-bond donors (Lipinski definition) is 2. The molecule has 0 amide bonds. The summed E-state index contributed by atoms with van der Waals surface area (Å²) in [5, 5.41) is 0. The number of aromatic nitrogens is 1. The SMILES string of the molecule is NC[C@H]1CN(S(=O)(=O)c2cccc(C3CC3)c2)c2cc(N)cnc2O1. The van der Waals surface area contributed by atoms with E-state index in [0.29, 0.717) is 17.3 Å². The fourth-order valence-electron chi connectivity index (χ4n) is 3.03. The lowest BCUT2D eigenvalue weighted by Gasteiger charge is -2.34. The second-order valence-corrected chi connectivity index (χ2v) is 8.31. The van der Waals surface area contributed by atoms with Gasteiger partial charge in [-0.3, -0.25) is 4.31 Å². The van der Waals surface area contributed by atoms with Crippen LogP contribution in [-0.2, 0) is 10.0 Å². The van der Waals surface area contributed by atoms with Crippen LogP contribution in [0.4, 0.5) is 11.4 Å². The minimum atomic E-state index is -3.76. The van der Waals surface area contributed by atoms with Gasteiger partial charge in [0.25, 0.3) is 10.0 Å². The molecule has 4 N–H and O–H groups in total. The second-order valence-electron chi connectivity index (χ2n) is 6.45. The van der Waals surface area contributed by atoms with Crippen LogP contribution in [0, 0.1) is 0 Å². The van der Waals surface area contributed by atoms with Gasteiger partial charge < -0.3 is 16.2 Å². The number of hydrogen-bond acceptors (Lipinski definition) is 6. The van der Waals surface area contributed by atoms with Crippen molar-refractivity contribution in [1.29, 1.82) is 0 Å². The van der Waals surface area contributed by atoms with Gasteiger partial charge in [0, 0.05) is 6.54 Å². The van der Waals surface area contributed by atoms with Crippen molar-refractivity contribution in [1.82, 2.24) is 4.98 Å². The lowest BCUT2D eigenvalue weighted by Crippen LogP contribution is -2.46. The van der Waals surface area contributed by atoms with Crippen LogP contribution in [0.25, 0.3) is 0 Å². The average Bonchev–Trinajstić information content (AvgIpc) is 3.46. The van der Waals surface area contributed by atoms with Crippen molar-refractivity contribution in [2.45, 2.75) is 29.8 Å². The number of nitrogen functional groups attached to an aromatic ring is 1. The van der Waals surface area contributed by atoms with Crippen molar-refractivity contribution < 1.29 is 13.2 Å². The van der Waals surface area contributed by atoms with Crippen LogP contribution >= 0.6 is 0 Å².